The molecule has 3 saturated carbocycles. The van der Waals surface area contributed by atoms with E-state index < -0.39 is 0 Å². The zero-order valence-corrected chi connectivity index (χ0v) is 37.4. The third-order valence-corrected chi connectivity index (χ3v) is 16.5. The Morgan fingerprint density at radius 3 is 1.96 bits per heavy atom. The van der Waals surface area contributed by atoms with Gasteiger partial charge in [-0.05, 0) is 136 Å². The van der Waals surface area contributed by atoms with Crippen LogP contribution in [0, 0.1) is 52.3 Å². The maximum absolute atomic E-state index is 12.9. The van der Waals surface area contributed by atoms with E-state index in [0.717, 1.165) is 60.7 Å². The van der Waals surface area contributed by atoms with Crippen molar-refractivity contribution in [3.05, 3.63) is 23.8 Å². The Hall–Kier alpha value is -1.05. The first-order valence-corrected chi connectivity index (χ1v) is 24.7. The lowest BCUT2D eigenvalue weighted by atomic mass is 9.47. The second-order valence-electron chi connectivity index (χ2n) is 20.4. The molecule has 0 spiro atoms. The van der Waals surface area contributed by atoms with Gasteiger partial charge in [0.2, 0.25) is 0 Å². The van der Waals surface area contributed by atoms with Gasteiger partial charge in [-0.2, -0.15) is 0 Å². The Morgan fingerprint density at radius 1 is 0.741 bits per heavy atom. The maximum Gasteiger partial charge on any atom is 0.306 e. The van der Waals surface area contributed by atoms with Gasteiger partial charge < -0.3 is 4.74 Å². The molecule has 0 aliphatic heterocycles. The number of esters is 1. The first-order valence-electron chi connectivity index (χ1n) is 24.7. The van der Waals surface area contributed by atoms with Crippen LogP contribution in [0.4, 0.5) is 0 Å². The number of unbranched alkanes of at least 4 members (excludes halogenated alkanes) is 16. The molecule has 0 aromatic heterocycles. The van der Waals surface area contributed by atoms with Gasteiger partial charge in [0.05, 0.1) is 0 Å². The molecule has 0 amide bonds. The van der Waals surface area contributed by atoms with Crippen LogP contribution in [-0.4, -0.2) is 12.1 Å². The fourth-order valence-electron chi connectivity index (χ4n) is 12.9. The molecule has 2 nitrogen and oxygen atoms in total. The average molecular weight is 749 g/mol. The largest absolute Gasteiger partial charge is 0.462 e. The summed E-state index contributed by atoms with van der Waals surface area (Å²) in [5, 5.41) is 0. The molecule has 9 unspecified atom stereocenters. The predicted molar refractivity (Wildman–Crippen MR) is 235 cm³/mol. The molecule has 4 aliphatic carbocycles. The van der Waals surface area contributed by atoms with E-state index in [2.05, 4.69) is 66.7 Å². The molecule has 4 rings (SSSR count). The van der Waals surface area contributed by atoms with E-state index in [1.807, 2.05) is 0 Å². The van der Waals surface area contributed by atoms with Crippen molar-refractivity contribution in [1.29, 1.82) is 0 Å². The van der Waals surface area contributed by atoms with Crippen molar-refractivity contribution in [2.24, 2.45) is 52.3 Å². The maximum atomic E-state index is 12.9. The molecule has 0 N–H and O–H groups in total. The lowest BCUT2D eigenvalue weighted by Crippen LogP contribution is -2.51. The second-order valence-corrected chi connectivity index (χ2v) is 20.4. The summed E-state index contributed by atoms with van der Waals surface area (Å²) in [6.45, 7) is 17.5. The van der Waals surface area contributed by atoms with E-state index in [4.69, 9.17) is 4.74 Å². The number of carbonyl (C=O) groups excluding carboxylic acids is 1. The highest BCUT2D eigenvalue weighted by Gasteiger charge is 2.59. The third kappa shape index (κ3) is 13.2. The van der Waals surface area contributed by atoms with Crippen LogP contribution in [-0.2, 0) is 9.53 Å². The van der Waals surface area contributed by atoms with Crippen molar-refractivity contribution < 1.29 is 9.53 Å². The minimum absolute atomic E-state index is 0.0605. The topological polar surface area (TPSA) is 26.3 Å². The summed E-state index contributed by atoms with van der Waals surface area (Å²) in [5.74, 6) is 6.15. The van der Waals surface area contributed by atoms with Crippen LogP contribution < -0.4 is 0 Å². The highest BCUT2D eigenvalue weighted by molar-refractivity contribution is 5.69. The summed E-state index contributed by atoms with van der Waals surface area (Å²) in [4.78, 5) is 12.9. The molecule has 0 aromatic carbocycles. The van der Waals surface area contributed by atoms with E-state index in [-0.39, 0.29) is 12.1 Å². The fourth-order valence-corrected chi connectivity index (χ4v) is 12.9. The van der Waals surface area contributed by atoms with Crippen molar-refractivity contribution in [3.63, 3.8) is 0 Å². The van der Waals surface area contributed by atoms with Crippen molar-refractivity contribution in [2.75, 3.05) is 0 Å². The molecule has 3 fully saturated rings. The Morgan fingerprint density at radius 2 is 1.35 bits per heavy atom. The van der Waals surface area contributed by atoms with E-state index >= 15 is 0 Å². The molecule has 9 atom stereocenters. The smallest absolute Gasteiger partial charge is 0.306 e. The zero-order valence-electron chi connectivity index (χ0n) is 37.4. The van der Waals surface area contributed by atoms with Crippen LogP contribution >= 0.6 is 0 Å². The monoisotopic (exact) mass is 749 g/mol. The molecule has 0 radical (unpaired) electrons. The summed E-state index contributed by atoms with van der Waals surface area (Å²) in [6, 6.07) is 0. The minimum Gasteiger partial charge on any atom is -0.462 e. The number of fused-ring (bicyclic) bond motifs is 5. The van der Waals surface area contributed by atoms with E-state index in [1.165, 1.54) is 167 Å². The number of hydrogen-bond donors (Lipinski definition) is 0. The van der Waals surface area contributed by atoms with Gasteiger partial charge in [-0.25, -0.2) is 0 Å². The van der Waals surface area contributed by atoms with Crippen molar-refractivity contribution in [2.45, 2.75) is 247 Å². The van der Waals surface area contributed by atoms with Crippen LogP contribution in [0.1, 0.15) is 241 Å². The minimum atomic E-state index is 0.0605. The fraction of sp³-hybridized carbons (Fsp3) is 0.904. The van der Waals surface area contributed by atoms with Crippen molar-refractivity contribution in [3.8, 4) is 0 Å². The molecule has 0 bridgehead atoms. The quantitative estimate of drug-likeness (QED) is 0.0475. The molecule has 0 saturated heterocycles. The van der Waals surface area contributed by atoms with E-state index in [0.29, 0.717) is 17.3 Å². The number of ether oxygens (including phenoxy) is 1. The third-order valence-electron chi connectivity index (χ3n) is 16.5. The normalized spacial score (nSPS) is 30.5. The average Bonchev–Trinajstić information content (AvgIpc) is 3.51. The van der Waals surface area contributed by atoms with Crippen molar-refractivity contribution >= 4 is 5.97 Å². The van der Waals surface area contributed by atoms with Gasteiger partial charge in [-0.15, -0.1) is 0 Å². The standard InChI is InChI=1S/C52H92O2/c1-8-10-11-12-13-14-15-16-17-18-19-20-21-22-23-24-25-26-27-28-29-50(53)54-45-36-38-51(6)44(40-45)32-33-46-48-35-34-47(52(48,7)39-37-49(46)51)42(5)30-31-43(9-2)41(3)4/h19-20,32,41-43,45-49H,8-18,21-31,33-40H2,1-7H3/b20-19-. The zero-order chi connectivity index (χ0) is 38.8. The molecule has 4 aliphatic rings. The van der Waals surface area contributed by atoms with Crippen LogP contribution in [0.25, 0.3) is 0 Å². The molecular weight excluding hydrogens is 657 g/mol. The van der Waals surface area contributed by atoms with Gasteiger partial charge in [0.1, 0.15) is 6.10 Å². The molecule has 0 heterocycles. The lowest BCUT2D eigenvalue weighted by molar-refractivity contribution is -0.151. The van der Waals surface area contributed by atoms with Crippen molar-refractivity contribution in [1.82, 2.24) is 0 Å². The Labute approximate surface area is 337 Å². The molecule has 2 heteroatoms. The first kappa shape index (κ1) is 45.6. The Balaban J connectivity index is 1.05. The van der Waals surface area contributed by atoms with Gasteiger partial charge in [-0.1, -0.05) is 169 Å². The lowest BCUT2D eigenvalue weighted by Gasteiger charge is -2.58. The summed E-state index contributed by atoms with van der Waals surface area (Å²) in [5.41, 5.74) is 2.51. The van der Waals surface area contributed by atoms with Crippen LogP contribution in [0.3, 0.4) is 0 Å². The summed E-state index contributed by atoms with van der Waals surface area (Å²) < 4.78 is 6.16. The molecular formula is C52H92O2. The Bertz CT molecular complexity index is 1100. The number of carbonyl (C=O) groups is 1. The SMILES string of the molecule is CCCCCCCCCCC/C=C\CCCCCCCCCC(=O)OC1CCC2(C)C(=CCC3C2CCC2(C)C(C(C)CCC(CC)C(C)C)CCC32)C1. The highest BCUT2D eigenvalue weighted by Crippen LogP contribution is 2.67. The molecule has 54 heavy (non-hydrogen) atoms. The highest BCUT2D eigenvalue weighted by atomic mass is 16.5. The van der Waals surface area contributed by atoms with Gasteiger partial charge in [-0.3, -0.25) is 4.79 Å². The predicted octanol–water partition coefficient (Wildman–Crippen LogP) is 16.6. The molecule has 0 aromatic rings. The number of rotatable bonds is 27. The van der Waals surface area contributed by atoms with Gasteiger partial charge >= 0.3 is 5.97 Å². The molecule has 312 valence electrons. The van der Waals surface area contributed by atoms with E-state index in [9.17, 15) is 4.79 Å². The van der Waals surface area contributed by atoms with Gasteiger partial charge in [0, 0.05) is 12.8 Å². The summed E-state index contributed by atoms with van der Waals surface area (Å²) >= 11 is 0. The Kier molecular flexibility index (Phi) is 20.3. The second kappa shape index (κ2) is 24.0. The van der Waals surface area contributed by atoms with Crippen LogP contribution in [0.15, 0.2) is 23.8 Å². The van der Waals surface area contributed by atoms with Gasteiger partial charge in [0.25, 0.3) is 0 Å². The van der Waals surface area contributed by atoms with Gasteiger partial charge in [0.15, 0.2) is 0 Å². The van der Waals surface area contributed by atoms with Crippen LogP contribution in [0.5, 0.6) is 0 Å². The summed E-state index contributed by atoms with van der Waals surface area (Å²) in [7, 11) is 0. The summed E-state index contributed by atoms with van der Waals surface area (Å²) in [6.07, 6.45) is 46.8. The van der Waals surface area contributed by atoms with Crippen LogP contribution in [0.2, 0.25) is 0 Å². The number of hydrogen-bond acceptors (Lipinski definition) is 2. The van der Waals surface area contributed by atoms with E-state index in [1.54, 1.807) is 5.57 Å². The first-order chi connectivity index (χ1) is 26.1. The number of allylic oxidation sites excluding steroid dienone is 3.